The fourth-order valence-corrected chi connectivity index (χ4v) is 4.61. The highest BCUT2D eigenvalue weighted by molar-refractivity contribution is 7.99. The van der Waals surface area contributed by atoms with Gasteiger partial charge in [-0.2, -0.15) is 0 Å². The molecule has 2 heterocycles. The molecule has 2 aliphatic rings. The van der Waals surface area contributed by atoms with Gasteiger partial charge in [0.2, 0.25) is 5.91 Å². The van der Waals surface area contributed by atoms with Gasteiger partial charge < -0.3 is 19.9 Å². The van der Waals surface area contributed by atoms with Crippen molar-refractivity contribution in [2.45, 2.75) is 36.6 Å². The molecule has 0 spiro atoms. The van der Waals surface area contributed by atoms with Crippen LogP contribution in [0.25, 0.3) is 0 Å². The van der Waals surface area contributed by atoms with E-state index < -0.39 is 12.0 Å². The third-order valence-corrected chi connectivity index (χ3v) is 6.54. The number of carbonyl (C=O) groups excluding carboxylic acids is 2. The molecule has 0 radical (unpaired) electrons. The molecule has 1 aliphatic heterocycles. The highest BCUT2D eigenvalue weighted by Crippen LogP contribution is 2.40. The van der Waals surface area contributed by atoms with Gasteiger partial charge in [0, 0.05) is 5.92 Å². The van der Waals surface area contributed by atoms with Crippen molar-refractivity contribution in [1.82, 2.24) is 14.8 Å². The fourth-order valence-electron chi connectivity index (χ4n) is 3.79. The molecule has 164 valence electrons. The first-order valence-corrected chi connectivity index (χ1v) is 11.5. The minimum absolute atomic E-state index is 0.0930. The van der Waals surface area contributed by atoms with Gasteiger partial charge in [0.1, 0.15) is 11.6 Å². The second-order valence-corrected chi connectivity index (χ2v) is 8.90. The van der Waals surface area contributed by atoms with E-state index >= 15 is 0 Å². The molecule has 32 heavy (non-hydrogen) atoms. The molecular formula is C23H23N5O3S. The summed E-state index contributed by atoms with van der Waals surface area (Å²) >= 11 is 1.36. The fraction of sp³-hybridized carbons (Fsp3) is 0.304. The number of fused-ring (bicyclic) bond motifs is 1. The normalized spacial score (nSPS) is 17.5. The number of thioether (sulfide) groups is 1. The van der Waals surface area contributed by atoms with E-state index in [1.807, 2.05) is 24.3 Å². The van der Waals surface area contributed by atoms with Crippen molar-refractivity contribution in [2.24, 2.45) is 5.73 Å². The third-order valence-electron chi connectivity index (χ3n) is 5.59. The molecule has 1 atom stereocenters. The van der Waals surface area contributed by atoms with Crippen LogP contribution in [0.5, 0.6) is 5.75 Å². The van der Waals surface area contributed by atoms with Crippen LogP contribution in [0, 0.1) is 0 Å². The van der Waals surface area contributed by atoms with E-state index in [2.05, 4.69) is 26.9 Å². The number of nitrogens with two attached hydrogens (primary N) is 1. The lowest BCUT2D eigenvalue weighted by Crippen LogP contribution is -2.49. The number of ether oxygens (including phenoxy) is 1. The number of benzene rings is 2. The minimum atomic E-state index is -0.873. The maximum absolute atomic E-state index is 13.2. The monoisotopic (exact) mass is 449 g/mol. The molecule has 0 unspecified atom stereocenters. The summed E-state index contributed by atoms with van der Waals surface area (Å²) in [6, 6.07) is 17.3. The maximum atomic E-state index is 13.2. The Morgan fingerprint density at radius 1 is 1.06 bits per heavy atom. The number of nitrogens with zero attached hydrogens (tertiary/aromatic N) is 4. The molecule has 3 aromatic rings. The summed E-state index contributed by atoms with van der Waals surface area (Å²) in [5.41, 5.74) is 7.25. The number of amides is 2. The van der Waals surface area contributed by atoms with Crippen LogP contribution in [0.15, 0.2) is 59.8 Å². The van der Waals surface area contributed by atoms with Crippen LogP contribution < -0.4 is 15.4 Å². The Morgan fingerprint density at radius 2 is 1.81 bits per heavy atom. The van der Waals surface area contributed by atoms with Crippen molar-refractivity contribution in [2.75, 3.05) is 17.2 Å². The summed E-state index contributed by atoms with van der Waals surface area (Å²) < 4.78 is 7.77. The van der Waals surface area contributed by atoms with E-state index in [1.54, 1.807) is 23.1 Å². The van der Waals surface area contributed by atoms with Gasteiger partial charge in [0.15, 0.2) is 11.3 Å². The SMILES string of the molecule is NC(=O)[C@@H]1CN(C(=O)CSc2nnc(C3CC3)n2Cc2ccccc2)c2ccccc2O1. The van der Waals surface area contributed by atoms with Crippen molar-refractivity contribution in [1.29, 1.82) is 0 Å². The highest BCUT2D eigenvalue weighted by Gasteiger charge is 2.34. The van der Waals surface area contributed by atoms with Crippen LogP contribution >= 0.6 is 11.8 Å². The van der Waals surface area contributed by atoms with Crippen LogP contribution in [0.1, 0.15) is 30.1 Å². The smallest absolute Gasteiger partial charge is 0.260 e. The van der Waals surface area contributed by atoms with Crippen LogP contribution in [-0.2, 0) is 16.1 Å². The van der Waals surface area contributed by atoms with Crippen molar-refractivity contribution >= 4 is 29.3 Å². The van der Waals surface area contributed by atoms with Gasteiger partial charge in [0.05, 0.1) is 24.5 Å². The molecule has 0 bridgehead atoms. The second-order valence-electron chi connectivity index (χ2n) is 7.96. The Bertz CT molecular complexity index is 1150. The van der Waals surface area contributed by atoms with Gasteiger partial charge in [-0.1, -0.05) is 54.2 Å². The summed E-state index contributed by atoms with van der Waals surface area (Å²) in [6.07, 6.45) is 1.37. The Labute approximate surface area is 189 Å². The molecular weight excluding hydrogens is 426 g/mol. The van der Waals surface area contributed by atoms with Crippen molar-refractivity contribution < 1.29 is 14.3 Å². The third kappa shape index (κ3) is 4.20. The van der Waals surface area contributed by atoms with Gasteiger partial charge >= 0.3 is 0 Å². The summed E-state index contributed by atoms with van der Waals surface area (Å²) in [4.78, 5) is 26.5. The molecule has 2 aromatic carbocycles. The maximum Gasteiger partial charge on any atom is 0.260 e. The van der Waals surface area contributed by atoms with Crippen LogP contribution in [0.2, 0.25) is 0 Å². The number of carbonyl (C=O) groups is 2. The van der Waals surface area contributed by atoms with E-state index in [9.17, 15) is 9.59 Å². The molecule has 1 fully saturated rings. The van der Waals surface area contributed by atoms with E-state index in [1.165, 1.54) is 11.8 Å². The Kier molecular flexibility index (Phi) is 5.57. The first-order chi connectivity index (χ1) is 15.6. The zero-order valence-corrected chi connectivity index (χ0v) is 18.2. The number of para-hydroxylation sites is 2. The Morgan fingerprint density at radius 3 is 2.56 bits per heavy atom. The molecule has 9 heteroatoms. The van der Waals surface area contributed by atoms with Crippen molar-refractivity contribution in [3.8, 4) is 5.75 Å². The van der Waals surface area contributed by atoms with Gasteiger partial charge in [0.25, 0.3) is 5.91 Å². The Balaban J connectivity index is 1.35. The molecule has 2 amide bonds. The number of anilines is 1. The van der Waals surface area contributed by atoms with Gasteiger partial charge in [-0.15, -0.1) is 10.2 Å². The molecule has 1 aliphatic carbocycles. The lowest BCUT2D eigenvalue weighted by molar-refractivity contribution is -0.125. The van der Waals surface area contributed by atoms with E-state index in [-0.39, 0.29) is 18.2 Å². The molecule has 8 nitrogen and oxygen atoms in total. The topological polar surface area (TPSA) is 103 Å². The van der Waals surface area contributed by atoms with Gasteiger partial charge in [-0.3, -0.25) is 9.59 Å². The molecule has 1 saturated carbocycles. The minimum Gasteiger partial charge on any atom is -0.477 e. The van der Waals surface area contributed by atoms with E-state index in [4.69, 9.17) is 10.5 Å². The average Bonchev–Trinajstić information content (AvgIpc) is 3.58. The highest BCUT2D eigenvalue weighted by atomic mass is 32.2. The zero-order valence-electron chi connectivity index (χ0n) is 17.4. The quantitative estimate of drug-likeness (QED) is 0.556. The summed E-state index contributed by atoms with van der Waals surface area (Å²) in [5.74, 6) is 1.33. The van der Waals surface area contributed by atoms with E-state index in [0.29, 0.717) is 23.9 Å². The van der Waals surface area contributed by atoms with Gasteiger partial charge in [-0.25, -0.2) is 0 Å². The molecule has 5 rings (SSSR count). The summed E-state index contributed by atoms with van der Waals surface area (Å²) in [5, 5.41) is 9.53. The number of hydrogen-bond donors (Lipinski definition) is 1. The number of aromatic nitrogens is 3. The standard InChI is InChI=1S/C23H23N5O3S/c24-21(30)19-13-27(17-8-4-5-9-18(17)31-19)20(29)14-32-23-26-25-22(16-10-11-16)28(23)12-15-6-2-1-3-7-15/h1-9,16,19H,10-14H2,(H2,24,30)/t19-/m0/s1. The second kappa shape index (κ2) is 8.66. The predicted octanol–water partition coefficient (Wildman–Crippen LogP) is 2.58. The lowest BCUT2D eigenvalue weighted by Gasteiger charge is -2.33. The van der Waals surface area contributed by atoms with Crippen LogP contribution in [-0.4, -0.2) is 45.0 Å². The largest absolute Gasteiger partial charge is 0.477 e. The predicted molar refractivity (Wildman–Crippen MR) is 121 cm³/mol. The average molecular weight is 450 g/mol. The van der Waals surface area contributed by atoms with Crippen LogP contribution in [0.3, 0.4) is 0 Å². The number of primary amides is 1. The summed E-state index contributed by atoms with van der Waals surface area (Å²) in [7, 11) is 0. The number of hydrogen-bond acceptors (Lipinski definition) is 6. The van der Waals surface area contributed by atoms with Crippen molar-refractivity contribution in [3.05, 3.63) is 66.0 Å². The zero-order chi connectivity index (χ0) is 22.1. The first-order valence-electron chi connectivity index (χ1n) is 10.6. The summed E-state index contributed by atoms with van der Waals surface area (Å²) in [6.45, 7) is 0.760. The molecule has 2 N–H and O–H groups in total. The first kappa shape index (κ1) is 20.6. The Hall–Kier alpha value is -3.33. The molecule has 0 saturated heterocycles. The molecule has 1 aromatic heterocycles. The lowest BCUT2D eigenvalue weighted by atomic mass is 10.2. The van der Waals surface area contributed by atoms with E-state index in [0.717, 1.165) is 29.4 Å². The van der Waals surface area contributed by atoms with Crippen molar-refractivity contribution in [3.63, 3.8) is 0 Å². The van der Waals surface area contributed by atoms with Crippen LogP contribution in [0.4, 0.5) is 5.69 Å². The number of rotatable bonds is 7. The van der Waals surface area contributed by atoms with Gasteiger partial charge in [-0.05, 0) is 30.5 Å².